The van der Waals surface area contributed by atoms with E-state index in [0.717, 1.165) is 11.8 Å². The fourth-order valence-corrected chi connectivity index (χ4v) is 3.66. The highest BCUT2D eigenvalue weighted by Gasteiger charge is 2.18. The van der Waals surface area contributed by atoms with E-state index >= 15 is 0 Å². The molecular formula is C20H18ClN7O3S. The van der Waals surface area contributed by atoms with Crippen LogP contribution in [0.1, 0.15) is 10.5 Å². The lowest BCUT2D eigenvalue weighted by Crippen LogP contribution is -2.36. The normalized spacial score (nSPS) is 11.5. The lowest BCUT2D eigenvalue weighted by molar-refractivity contribution is 0.0987. The second-order valence-electron chi connectivity index (χ2n) is 6.95. The van der Waals surface area contributed by atoms with Crippen LogP contribution in [0.4, 0.5) is 11.4 Å². The number of aromatic nitrogens is 4. The number of nitrogens with two attached hydrogens (primary N) is 1. The number of hydrogen-bond donors (Lipinski definition) is 1. The molecule has 0 unspecified atom stereocenters. The lowest BCUT2D eigenvalue weighted by Gasteiger charge is -2.17. The number of hydrogen-bond acceptors (Lipinski definition) is 7. The van der Waals surface area contributed by atoms with Gasteiger partial charge in [0.05, 0.1) is 41.9 Å². The summed E-state index contributed by atoms with van der Waals surface area (Å²) in [6.07, 6.45) is 7.27. The van der Waals surface area contributed by atoms with Crippen LogP contribution in [0.3, 0.4) is 0 Å². The van der Waals surface area contributed by atoms with Gasteiger partial charge in [-0.2, -0.15) is 0 Å². The van der Waals surface area contributed by atoms with E-state index in [0.29, 0.717) is 32.3 Å². The van der Waals surface area contributed by atoms with Crippen LogP contribution in [-0.4, -0.2) is 47.0 Å². The monoisotopic (exact) mass is 471 g/mol. The second kappa shape index (κ2) is 8.19. The summed E-state index contributed by atoms with van der Waals surface area (Å²) in [5, 5.41) is 0.331. The number of imidazole rings is 1. The SMILES string of the molecule is CN(C(=O)c1cn2c(-c3ccc(N(N)S(C)(=O)=O)cc3)cnc2cn1)c1ccc(Cl)nc1. The summed E-state index contributed by atoms with van der Waals surface area (Å²) in [4.78, 5) is 26.9. The van der Waals surface area contributed by atoms with E-state index in [1.807, 2.05) is 0 Å². The molecule has 0 spiro atoms. The molecule has 32 heavy (non-hydrogen) atoms. The average Bonchev–Trinajstić information content (AvgIpc) is 3.21. The van der Waals surface area contributed by atoms with Gasteiger partial charge in [-0.15, -0.1) is 0 Å². The van der Waals surface area contributed by atoms with Crippen LogP contribution in [0, 0.1) is 0 Å². The lowest BCUT2D eigenvalue weighted by atomic mass is 10.1. The van der Waals surface area contributed by atoms with Gasteiger partial charge in [0.25, 0.3) is 5.91 Å². The number of sulfonamides is 1. The molecule has 1 aromatic carbocycles. The van der Waals surface area contributed by atoms with Crippen molar-refractivity contribution in [2.45, 2.75) is 0 Å². The fourth-order valence-electron chi connectivity index (χ4n) is 3.04. The Balaban J connectivity index is 1.67. The van der Waals surface area contributed by atoms with Crippen molar-refractivity contribution in [3.63, 3.8) is 0 Å². The maximum atomic E-state index is 12.9. The first-order valence-corrected chi connectivity index (χ1v) is 11.5. The summed E-state index contributed by atoms with van der Waals surface area (Å²) in [5.74, 6) is 5.30. The van der Waals surface area contributed by atoms with Crippen molar-refractivity contribution in [1.82, 2.24) is 19.4 Å². The third kappa shape index (κ3) is 4.13. The molecule has 3 aromatic heterocycles. The highest BCUT2D eigenvalue weighted by atomic mass is 35.5. The van der Waals surface area contributed by atoms with Gasteiger partial charge in [0.1, 0.15) is 10.8 Å². The summed E-state index contributed by atoms with van der Waals surface area (Å²) >= 11 is 5.81. The Bertz CT molecular complexity index is 1400. The Morgan fingerprint density at radius 1 is 1.00 bits per heavy atom. The molecule has 10 nitrogen and oxygen atoms in total. The minimum atomic E-state index is -3.57. The number of pyridine rings is 1. The highest BCUT2D eigenvalue weighted by molar-refractivity contribution is 7.92. The summed E-state index contributed by atoms with van der Waals surface area (Å²) in [6.45, 7) is 0. The molecule has 0 fully saturated rings. The molecule has 0 bridgehead atoms. The number of nitrogens with zero attached hydrogens (tertiary/aromatic N) is 6. The van der Waals surface area contributed by atoms with Crippen molar-refractivity contribution >= 4 is 44.6 Å². The number of benzene rings is 1. The van der Waals surface area contributed by atoms with Gasteiger partial charge >= 0.3 is 0 Å². The van der Waals surface area contributed by atoms with Crippen LogP contribution in [0.15, 0.2) is 61.2 Å². The number of amides is 1. The van der Waals surface area contributed by atoms with Gasteiger partial charge in [-0.1, -0.05) is 23.7 Å². The van der Waals surface area contributed by atoms with E-state index < -0.39 is 10.0 Å². The van der Waals surface area contributed by atoms with Crippen LogP contribution < -0.4 is 15.2 Å². The summed E-state index contributed by atoms with van der Waals surface area (Å²) in [5.41, 5.74) is 3.09. The number of carbonyl (C=O) groups excluding carboxylic acids is 1. The molecule has 0 atom stereocenters. The van der Waals surface area contributed by atoms with Gasteiger partial charge in [-0.05, 0) is 24.3 Å². The zero-order valence-corrected chi connectivity index (χ0v) is 18.6. The maximum Gasteiger partial charge on any atom is 0.278 e. The first-order chi connectivity index (χ1) is 15.1. The fraction of sp³-hybridized carbons (Fsp3) is 0.100. The van der Waals surface area contributed by atoms with Gasteiger partial charge in [0, 0.05) is 18.8 Å². The van der Waals surface area contributed by atoms with Gasteiger partial charge < -0.3 is 4.90 Å². The standard InChI is InChI=1S/C20H18ClN7O3S/c1-26(15-7-8-18(21)24-9-15)20(29)16-12-27-17(10-25-19(27)11-23-16)13-3-5-14(6-4-13)28(22)32(2,30)31/h3-12H,22H2,1-2H3. The number of carbonyl (C=O) groups is 1. The first-order valence-electron chi connectivity index (χ1n) is 9.23. The zero-order valence-electron chi connectivity index (χ0n) is 17.0. The van der Waals surface area contributed by atoms with E-state index in [1.165, 1.54) is 17.3 Å². The Morgan fingerprint density at radius 2 is 1.69 bits per heavy atom. The topological polar surface area (TPSA) is 127 Å². The minimum Gasteiger partial charge on any atom is -0.309 e. The molecule has 4 aromatic rings. The third-order valence-corrected chi connectivity index (χ3v) is 5.94. The van der Waals surface area contributed by atoms with Gasteiger partial charge in [0.15, 0.2) is 5.65 Å². The second-order valence-corrected chi connectivity index (χ2v) is 9.20. The Morgan fingerprint density at radius 3 is 2.31 bits per heavy atom. The maximum absolute atomic E-state index is 12.9. The van der Waals surface area contributed by atoms with Gasteiger partial charge in [-0.25, -0.2) is 33.6 Å². The van der Waals surface area contributed by atoms with Crippen LogP contribution in [0.2, 0.25) is 5.15 Å². The Kier molecular flexibility index (Phi) is 5.55. The largest absolute Gasteiger partial charge is 0.309 e. The molecule has 164 valence electrons. The van der Waals surface area contributed by atoms with Crippen molar-refractivity contribution in [3.8, 4) is 11.3 Å². The molecule has 1 amide bonds. The predicted molar refractivity (Wildman–Crippen MR) is 122 cm³/mol. The van der Waals surface area contributed by atoms with Crippen LogP contribution >= 0.6 is 11.6 Å². The number of anilines is 2. The quantitative estimate of drug-likeness (QED) is 0.269. The number of fused-ring (bicyclic) bond motifs is 1. The minimum absolute atomic E-state index is 0.205. The molecule has 0 aliphatic carbocycles. The third-order valence-electron chi connectivity index (χ3n) is 4.79. The van der Waals surface area contributed by atoms with Gasteiger partial charge in [0.2, 0.25) is 10.0 Å². The van der Waals surface area contributed by atoms with E-state index in [9.17, 15) is 13.2 Å². The molecule has 0 aliphatic heterocycles. The molecule has 12 heteroatoms. The van der Waals surface area contributed by atoms with Crippen LogP contribution in [-0.2, 0) is 10.0 Å². The molecule has 3 heterocycles. The molecule has 0 saturated carbocycles. The van der Waals surface area contributed by atoms with Crippen molar-refractivity contribution in [2.24, 2.45) is 5.84 Å². The smallest absolute Gasteiger partial charge is 0.278 e. The molecular weight excluding hydrogens is 454 g/mol. The zero-order chi connectivity index (χ0) is 23.0. The van der Waals surface area contributed by atoms with Gasteiger partial charge in [-0.3, -0.25) is 9.20 Å². The van der Waals surface area contributed by atoms with E-state index in [2.05, 4.69) is 15.0 Å². The molecule has 0 radical (unpaired) electrons. The van der Waals surface area contributed by atoms with Crippen molar-refractivity contribution in [3.05, 3.63) is 72.0 Å². The highest BCUT2D eigenvalue weighted by Crippen LogP contribution is 2.25. The van der Waals surface area contributed by atoms with Crippen molar-refractivity contribution in [2.75, 3.05) is 22.6 Å². The van der Waals surface area contributed by atoms with Crippen LogP contribution in [0.5, 0.6) is 0 Å². The molecule has 0 aliphatic rings. The average molecular weight is 472 g/mol. The van der Waals surface area contributed by atoms with Crippen LogP contribution in [0.25, 0.3) is 16.9 Å². The number of halogens is 1. The van der Waals surface area contributed by atoms with E-state index in [4.69, 9.17) is 17.4 Å². The molecule has 0 saturated heterocycles. The number of hydrazine groups is 1. The predicted octanol–water partition coefficient (Wildman–Crippen LogP) is 2.36. The summed E-state index contributed by atoms with van der Waals surface area (Å²) in [7, 11) is -1.96. The van der Waals surface area contributed by atoms with Crippen molar-refractivity contribution < 1.29 is 13.2 Å². The summed E-state index contributed by atoms with van der Waals surface area (Å²) in [6, 6.07) is 9.90. The molecule has 2 N–H and O–H groups in total. The first kappa shape index (κ1) is 21.7. The number of rotatable bonds is 5. The Hall–Kier alpha value is -3.54. The molecule has 4 rings (SSSR count). The summed E-state index contributed by atoms with van der Waals surface area (Å²) < 4.78 is 25.7. The van der Waals surface area contributed by atoms with E-state index in [-0.39, 0.29) is 11.6 Å². The van der Waals surface area contributed by atoms with E-state index in [1.54, 1.807) is 60.2 Å². The Labute approximate surface area is 188 Å². The van der Waals surface area contributed by atoms with Crippen molar-refractivity contribution in [1.29, 1.82) is 0 Å².